The van der Waals surface area contributed by atoms with Gasteiger partial charge in [0.25, 0.3) is 0 Å². The summed E-state index contributed by atoms with van der Waals surface area (Å²) in [7, 11) is 1.87. The van der Waals surface area contributed by atoms with Crippen molar-refractivity contribution in [2.24, 2.45) is 0 Å². The van der Waals surface area contributed by atoms with Crippen LogP contribution in [-0.2, 0) is 11.3 Å². The Morgan fingerprint density at radius 2 is 2.00 bits per heavy atom. The number of carbonyl (C=O) groups is 2. The molecule has 0 aliphatic rings. The molecule has 3 amide bonds. The monoisotopic (exact) mass is 345 g/mol. The second-order valence-corrected chi connectivity index (χ2v) is 6.96. The summed E-state index contributed by atoms with van der Waals surface area (Å²) in [6, 6.07) is 8.83. The normalized spacial score (nSPS) is 12.0. The zero-order valence-electron chi connectivity index (χ0n) is 14.4. The number of nitrogens with zero attached hydrogens (tertiary/aromatic N) is 1. The number of benzene rings is 1. The number of hydrogen-bond donors (Lipinski definition) is 2. The molecule has 1 aromatic carbocycles. The van der Waals surface area contributed by atoms with Gasteiger partial charge in [-0.1, -0.05) is 23.8 Å². The van der Waals surface area contributed by atoms with Gasteiger partial charge in [-0.3, -0.25) is 15.0 Å². The first-order valence-corrected chi connectivity index (χ1v) is 8.66. The fraction of sp³-hybridized carbons (Fsp3) is 0.333. The van der Waals surface area contributed by atoms with Gasteiger partial charge in [0.2, 0.25) is 5.91 Å². The molecular weight excluding hydrogens is 322 g/mol. The first kappa shape index (κ1) is 18.2. The van der Waals surface area contributed by atoms with E-state index in [4.69, 9.17) is 0 Å². The van der Waals surface area contributed by atoms with E-state index in [0.29, 0.717) is 12.2 Å². The highest BCUT2D eigenvalue weighted by Gasteiger charge is 2.20. The lowest BCUT2D eigenvalue weighted by atomic mass is 10.1. The van der Waals surface area contributed by atoms with E-state index in [2.05, 4.69) is 10.6 Å². The fourth-order valence-corrected chi connectivity index (χ4v) is 3.08. The molecular formula is C18H23N3O2S. The maximum absolute atomic E-state index is 12.2. The molecule has 1 heterocycles. The minimum absolute atomic E-state index is 0.323. The molecule has 1 atom stereocenters. The van der Waals surface area contributed by atoms with Crippen LogP contribution in [0.4, 0.5) is 10.5 Å². The lowest BCUT2D eigenvalue weighted by molar-refractivity contribution is -0.124. The van der Waals surface area contributed by atoms with Gasteiger partial charge in [-0.2, -0.15) is 0 Å². The number of anilines is 1. The summed E-state index contributed by atoms with van der Waals surface area (Å²) in [6.07, 6.45) is 0. The summed E-state index contributed by atoms with van der Waals surface area (Å²) in [4.78, 5) is 27.4. The summed E-state index contributed by atoms with van der Waals surface area (Å²) in [5, 5.41) is 7.13. The number of thiophene rings is 1. The van der Waals surface area contributed by atoms with Crippen LogP contribution >= 0.6 is 11.3 Å². The van der Waals surface area contributed by atoms with Crippen molar-refractivity contribution in [2.45, 2.75) is 33.4 Å². The van der Waals surface area contributed by atoms with Crippen molar-refractivity contribution in [1.82, 2.24) is 10.2 Å². The van der Waals surface area contributed by atoms with Crippen molar-refractivity contribution < 1.29 is 9.59 Å². The molecule has 128 valence electrons. The molecule has 0 fully saturated rings. The van der Waals surface area contributed by atoms with Gasteiger partial charge in [-0.05, 0) is 50.9 Å². The summed E-state index contributed by atoms with van der Waals surface area (Å²) >= 11 is 1.65. The average Bonchev–Trinajstić information content (AvgIpc) is 3.02. The van der Waals surface area contributed by atoms with Crippen molar-refractivity contribution in [3.05, 3.63) is 51.7 Å². The number of aryl methyl sites for hydroxylation is 2. The minimum atomic E-state index is -0.511. The molecule has 5 nitrogen and oxygen atoms in total. The Hall–Kier alpha value is -2.18. The molecule has 0 saturated heterocycles. The molecule has 1 aromatic heterocycles. The van der Waals surface area contributed by atoms with Crippen molar-refractivity contribution in [1.29, 1.82) is 0 Å². The van der Waals surface area contributed by atoms with Crippen molar-refractivity contribution in [2.75, 3.05) is 12.4 Å². The molecule has 0 bridgehead atoms. The number of rotatable bonds is 5. The van der Waals surface area contributed by atoms with Crippen molar-refractivity contribution >= 4 is 29.0 Å². The van der Waals surface area contributed by atoms with Gasteiger partial charge in [-0.15, -0.1) is 11.3 Å². The average molecular weight is 345 g/mol. The molecule has 2 rings (SSSR count). The Morgan fingerprint density at radius 3 is 2.62 bits per heavy atom. The summed E-state index contributed by atoms with van der Waals surface area (Å²) in [6.45, 7) is 6.37. The number of likely N-dealkylation sites (N-methyl/N-ethyl adjacent to an activating group) is 1. The third-order valence-electron chi connectivity index (χ3n) is 3.89. The highest BCUT2D eigenvalue weighted by atomic mass is 32.1. The topological polar surface area (TPSA) is 61.4 Å². The van der Waals surface area contributed by atoms with E-state index >= 15 is 0 Å². The second kappa shape index (κ2) is 8.08. The quantitative estimate of drug-likeness (QED) is 0.871. The summed E-state index contributed by atoms with van der Waals surface area (Å²) in [5.41, 5.74) is 2.78. The zero-order chi connectivity index (χ0) is 17.7. The predicted molar refractivity (Wildman–Crippen MR) is 98.3 cm³/mol. The van der Waals surface area contributed by atoms with Crippen LogP contribution < -0.4 is 10.6 Å². The van der Waals surface area contributed by atoms with E-state index in [-0.39, 0.29) is 5.91 Å². The van der Waals surface area contributed by atoms with Gasteiger partial charge in [-0.25, -0.2) is 4.79 Å². The number of carbonyl (C=O) groups excluding carboxylic acids is 2. The first-order valence-electron chi connectivity index (χ1n) is 7.78. The molecule has 0 radical (unpaired) electrons. The number of hydrogen-bond acceptors (Lipinski definition) is 4. The van der Waals surface area contributed by atoms with E-state index < -0.39 is 12.1 Å². The van der Waals surface area contributed by atoms with E-state index in [1.54, 1.807) is 18.3 Å². The molecule has 2 N–H and O–H groups in total. The van der Waals surface area contributed by atoms with Gasteiger partial charge in [0.05, 0.1) is 6.04 Å². The fourth-order valence-electron chi connectivity index (χ4n) is 2.31. The molecule has 0 saturated carbocycles. The highest BCUT2D eigenvalue weighted by molar-refractivity contribution is 7.09. The molecule has 2 aromatic rings. The van der Waals surface area contributed by atoms with E-state index in [1.165, 1.54) is 4.88 Å². The van der Waals surface area contributed by atoms with Gasteiger partial charge in [0.15, 0.2) is 0 Å². The molecule has 0 aliphatic carbocycles. The largest absolute Gasteiger partial charge is 0.325 e. The smallest absolute Gasteiger partial charge is 0.307 e. The number of amides is 3. The number of imide groups is 1. The maximum Gasteiger partial charge on any atom is 0.325 e. The second-order valence-electron chi connectivity index (χ2n) is 5.93. The lowest BCUT2D eigenvalue weighted by Gasteiger charge is -2.23. The Bertz CT molecular complexity index is 713. The Balaban J connectivity index is 1.89. The van der Waals surface area contributed by atoms with Crippen molar-refractivity contribution in [3.8, 4) is 0 Å². The highest BCUT2D eigenvalue weighted by Crippen LogP contribution is 2.16. The van der Waals surface area contributed by atoms with Gasteiger partial charge >= 0.3 is 6.03 Å². The van der Waals surface area contributed by atoms with Crippen LogP contribution in [0.1, 0.15) is 22.9 Å². The lowest BCUT2D eigenvalue weighted by Crippen LogP contribution is -2.46. The predicted octanol–water partition coefficient (Wildman–Crippen LogP) is 3.53. The Kier molecular flexibility index (Phi) is 6.11. The summed E-state index contributed by atoms with van der Waals surface area (Å²) < 4.78 is 0. The molecule has 1 unspecified atom stereocenters. The number of nitrogens with one attached hydrogen (secondary N) is 2. The van der Waals surface area contributed by atoms with Crippen LogP contribution in [0.5, 0.6) is 0 Å². The third-order valence-corrected chi connectivity index (χ3v) is 4.75. The maximum atomic E-state index is 12.2. The Labute approximate surface area is 146 Å². The van der Waals surface area contributed by atoms with E-state index in [9.17, 15) is 9.59 Å². The van der Waals surface area contributed by atoms with Crippen molar-refractivity contribution in [3.63, 3.8) is 0 Å². The third kappa shape index (κ3) is 4.91. The van der Waals surface area contributed by atoms with Crippen LogP contribution in [0.25, 0.3) is 0 Å². The van der Waals surface area contributed by atoms with Crippen LogP contribution in [-0.4, -0.2) is 29.9 Å². The van der Waals surface area contributed by atoms with E-state index in [1.807, 2.05) is 61.5 Å². The van der Waals surface area contributed by atoms with Gasteiger partial charge in [0.1, 0.15) is 0 Å². The molecule has 24 heavy (non-hydrogen) atoms. The zero-order valence-corrected chi connectivity index (χ0v) is 15.2. The van der Waals surface area contributed by atoms with Gasteiger partial charge in [0, 0.05) is 17.1 Å². The summed E-state index contributed by atoms with van der Waals surface area (Å²) in [5.74, 6) is -0.323. The number of urea groups is 1. The van der Waals surface area contributed by atoms with Gasteiger partial charge < -0.3 is 5.32 Å². The van der Waals surface area contributed by atoms with Crippen LogP contribution in [0, 0.1) is 13.8 Å². The standard InChI is InChI=1S/C18H23N3O2S/c1-12-7-8-16(13(2)10-12)19-18(23)20-17(22)14(3)21(4)11-15-6-5-9-24-15/h5-10,14H,11H2,1-4H3,(H2,19,20,22,23). The SMILES string of the molecule is Cc1ccc(NC(=O)NC(=O)C(C)N(C)Cc2cccs2)c(C)c1. The minimum Gasteiger partial charge on any atom is -0.307 e. The molecule has 6 heteroatoms. The van der Waals surface area contributed by atoms with Crippen LogP contribution in [0.15, 0.2) is 35.7 Å². The molecule has 0 spiro atoms. The Morgan fingerprint density at radius 1 is 1.25 bits per heavy atom. The van der Waals surface area contributed by atoms with Crippen LogP contribution in [0.3, 0.4) is 0 Å². The van der Waals surface area contributed by atoms with Crippen LogP contribution in [0.2, 0.25) is 0 Å². The first-order chi connectivity index (χ1) is 11.4. The van der Waals surface area contributed by atoms with E-state index in [0.717, 1.165) is 11.1 Å². The molecule has 0 aliphatic heterocycles.